The number of rotatable bonds is 8. The Morgan fingerprint density at radius 3 is 2.74 bits per heavy atom. The van der Waals surface area contributed by atoms with Gasteiger partial charge in [-0.15, -0.1) is 10.2 Å². The van der Waals surface area contributed by atoms with Gasteiger partial charge in [-0.2, -0.15) is 13.2 Å². The molecule has 10 heteroatoms. The molecule has 0 spiro atoms. The van der Waals surface area contributed by atoms with Crippen molar-refractivity contribution in [2.24, 2.45) is 0 Å². The number of aryl methyl sites for hydroxylation is 1. The zero-order valence-corrected chi connectivity index (χ0v) is 15.5. The molecule has 2 heterocycles. The second-order valence-electron chi connectivity index (χ2n) is 5.96. The topological polar surface area (TPSA) is 61.4 Å². The lowest BCUT2D eigenvalue weighted by molar-refractivity contribution is -0.173. The van der Waals surface area contributed by atoms with E-state index in [1.807, 2.05) is 23.5 Å². The van der Waals surface area contributed by atoms with Crippen molar-refractivity contribution >= 4 is 28.4 Å². The zero-order valence-electron chi connectivity index (χ0n) is 14.7. The maximum absolute atomic E-state index is 12.7. The maximum atomic E-state index is 12.7. The van der Waals surface area contributed by atoms with Crippen LogP contribution in [0.5, 0.6) is 0 Å². The van der Waals surface area contributed by atoms with Crippen molar-refractivity contribution in [3.8, 4) is 0 Å². The third kappa shape index (κ3) is 4.44. The van der Waals surface area contributed by atoms with Gasteiger partial charge in [0.2, 0.25) is 5.78 Å². The molecule has 146 valence electrons. The van der Waals surface area contributed by atoms with E-state index in [9.17, 15) is 18.0 Å². The molecule has 0 atom stereocenters. The van der Waals surface area contributed by atoms with Gasteiger partial charge in [-0.05, 0) is 25.0 Å². The molecule has 6 nitrogen and oxygen atoms in total. The molecule has 3 aromatic rings. The summed E-state index contributed by atoms with van der Waals surface area (Å²) in [5.41, 5.74) is 0.607. The SMILES string of the molecule is CCCn1c(=O)c2ccccc2n2c(SCCCOCC(F)(F)F)nnc12. The van der Waals surface area contributed by atoms with Crippen LogP contribution in [-0.2, 0) is 11.3 Å². The predicted molar refractivity (Wildman–Crippen MR) is 97.3 cm³/mol. The molecular formula is C17H19F3N4O2S. The van der Waals surface area contributed by atoms with E-state index in [4.69, 9.17) is 0 Å². The summed E-state index contributed by atoms with van der Waals surface area (Å²) in [7, 11) is 0. The van der Waals surface area contributed by atoms with E-state index in [0.29, 0.717) is 40.6 Å². The van der Waals surface area contributed by atoms with E-state index in [1.165, 1.54) is 11.8 Å². The highest BCUT2D eigenvalue weighted by Gasteiger charge is 2.27. The van der Waals surface area contributed by atoms with Gasteiger partial charge in [0.15, 0.2) is 5.16 Å². The van der Waals surface area contributed by atoms with E-state index >= 15 is 0 Å². The van der Waals surface area contributed by atoms with Crippen molar-refractivity contribution in [3.05, 3.63) is 34.6 Å². The maximum Gasteiger partial charge on any atom is 0.411 e. The zero-order chi connectivity index (χ0) is 19.4. The monoisotopic (exact) mass is 400 g/mol. The van der Waals surface area contributed by atoms with E-state index in [0.717, 1.165) is 6.42 Å². The van der Waals surface area contributed by atoms with Gasteiger partial charge in [0.25, 0.3) is 5.56 Å². The Hall–Kier alpha value is -2.07. The van der Waals surface area contributed by atoms with Crippen LogP contribution >= 0.6 is 11.8 Å². The second kappa shape index (κ2) is 8.30. The van der Waals surface area contributed by atoms with Crippen molar-refractivity contribution in [2.75, 3.05) is 19.0 Å². The van der Waals surface area contributed by atoms with Gasteiger partial charge in [-0.3, -0.25) is 13.8 Å². The molecule has 2 aromatic heterocycles. The number of halogens is 3. The molecule has 0 aliphatic carbocycles. The number of hydrogen-bond acceptors (Lipinski definition) is 5. The Morgan fingerprint density at radius 1 is 1.22 bits per heavy atom. The average Bonchev–Trinajstić information content (AvgIpc) is 3.04. The smallest absolute Gasteiger partial charge is 0.372 e. The lowest BCUT2D eigenvalue weighted by atomic mass is 10.2. The van der Waals surface area contributed by atoms with Crippen LogP contribution in [0.25, 0.3) is 16.7 Å². The van der Waals surface area contributed by atoms with Gasteiger partial charge in [0.1, 0.15) is 6.61 Å². The Balaban J connectivity index is 1.82. The molecule has 0 bridgehead atoms. The molecule has 0 fully saturated rings. The van der Waals surface area contributed by atoms with Crippen LogP contribution in [0, 0.1) is 0 Å². The number of fused-ring (bicyclic) bond motifs is 3. The van der Waals surface area contributed by atoms with Crippen molar-refractivity contribution in [1.82, 2.24) is 19.2 Å². The summed E-state index contributed by atoms with van der Waals surface area (Å²) in [6, 6.07) is 7.24. The van der Waals surface area contributed by atoms with Gasteiger partial charge >= 0.3 is 6.18 Å². The Morgan fingerprint density at radius 2 is 2.00 bits per heavy atom. The summed E-state index contributed by atoms with van der Waals surface area (Å²) >= 11 is 1.37. The summed E-state index contributed by atoms with van der Waals surface area (Å²) in [5, 5.41) is 9.53. The number of nitrogens with zero attached hydrogens (tertiary/aromatic N) is 4. The van der Waals surface area contributed by atoms with Gasteiger partial charge in [-0.1, -0.05) is 30.8 Å². The van der Waals surface area contributed by atoms with Crippen LogP contribution in [0.15, 0.2) is 34.2 Å². The second-order valence-corrected chi connectivity index (χ2v) is 7.02. The Kier molecular flexibility index (Phi) is 6.05. The summed E-state index contributed by atoms with van der Waals surface area (Å²) in [6.07, 6.45) is -3.08. The van der Waals surface area contributed by atoms with Gasteiger partial charge < -0.3 is 4.74 Å². The molecule has 0 radical (unpaired) electrons. The molecule has 0 aliphatic heterocycles. The van der Waals surface area contributed by atoms with E-state index in [1.54, 1.807) is 16.7 Å². The third-order valence-corrected chi connectivity index (χ3v) is 4.87. The first-order valence-electron chi connectivity index (χ1n) is 8.56. The molecule has 1 aromatic carbocycles. The van der Waals surface area contributed by atoms with Crippen molar-refractivity contribution in [2.45, 2.75) is 37.6 Å². The first-order chi connectivity index (χ1) is 12.9. The van der Waals surface area contributed by atoms with Crippen molar-refractivity contribution < 1.29 is 17.9 Å². The third-order valence-electron chi connectivity index (χ3n) is 3.86. The highest BCUT2D eigenvalue weighted by Crippen LogP contribution is 2.22. The van der Waals surface area contributed by atoms with Crippen LogP contribution in [0.3, 0.4) is 0 Å². The summed E-state index contributed by atoms with van der Waals surface area (Å²) in [4.78, 5) is 12.7. The van der Waals surface area contributed by atoms with E-state index < -0.39 is 12.8 Å². The first-order valence-corrected chi connectivity index (χ1v) is 9.55. The van der Waals surface area contributed by atoms with Crippen LogP contribution < -0.4 is 5.56 Å². The summed E-state index contributed by atoms with van der Waals surface area (Å²) in [6.45, 7) is 1.29. The fourth-order valence-electron chi connectivity index (χ4n) is 2.76. The lowest BCUT2D eigenvalue weighted by Crippen LogP contribution is -2.23. The molecular weight excluding hydrogens is 381 g/mol. The molecule has 27 heavy (non-hydrogen) atoms. The minimum atomic E-state index is -4.31. The average molecular weight is 400 g/mol. The minimum absolute atomic E-state index is 0.0184. The van der Waals surface area contributed by atoms with Crippen LogP contribution in [-0.4, -0.2) is 44.3 Å². The number of aromatic nitrogens is 4. The first kappa shape index (κ1) is 19.7. The normalized spacial score (nSPS) is 12.3. The Labute approximate surface area is 157 Å². The molecule has 0 saturated carbocycles. The van der Waals surface area contributed by atoms with Gasteiger partial charge in [0, 0.05) is 18.9 Å². The number of alkyl halides is 3. The number of thioether (sulfide) groups is 1. The van der Waals surface area contributed by atoms with Crippen LogP contribution in [0.1, 0.15) is 19.8 Å². The number of hydrogen-bond donors (Lipinski definition) is 0. The molecule has 0 N–H and O–H groups in total. The highest BCUT2D eigenvalue weighted by atomic mass is 32.2. The minimum Gasteiger partial charge on any atom is -0.372 e. The molecule has 0 saturated heterocycles. The fraction of sp³-hybridized carbons (Fsp3) is 0.471. The number of benzene rings is 1. The summed E-state index contributed by atoms with van der Waals surface area (Å²) in [5.74, 6) is 0.997. The van der Waals surface area contributed by atoms with Crippen molar-refractivity contribution in [3.63, 3.8) is 0 Å². The molecule has 0 unspecified atom stereocenters. The van der Waals surface area contributed by atoms with Crippen molar-refractivity contribution in [1.29, 1.82) is 0 Å². The number of ether oxygens (including phenoxy) is 1. The summed E-state index contributed by atoms with van der Waals surface area (Å²) < 4.78 is 44.2. The number of para-hydroxylation sites is 1. The molecule has 0 aliphatic rings. The quantitative estimate of drug-likeness (QED) is 0.428. The molecule has 0 amide bonds. The predicted octanol–water partition coefficient (Wildman–Crippen LogP) is 3.52. The Bertz CT molecular complexity index is 984. The fourth-order valence-corrected chi connectivity index (χ4v) is 3.62. The molecule has 3 rings (SSSR count). The van der Waals surface area contributed by atoms with Crippen LogP contribution in [0.2, 0.25) is 0 Å². The van der Waals surface area contributed by atoms with Gasteiger partial charge in [-0.25, -0.2) is 0 Å². The van der Waals surface area contributed by atoms with E-state index in [2.05, 4.69) is 14.9 Å². The van der Waals surface area contributed by atoms with Gasteiger partial charge in [0.05, 0.1) is 10.9 Å². The largest absolute Gasteiger partial charge is 0.411 e. The van der Waals surface area contributed by atoms with Crippen LogP contribution in [0.4, 0.5) is 13.2 Å². The lowest BCUT2D eigenvalue weighted by Gasteiger charge is -2.10. The highest BCUT2D eigenvalue weighted by molar-refractivity contribution is 7.99. The van der Waals surface area contributed by atoms with E-state index in [-0.39, 0.29) is 12.2 Å². The standard InChI is InChI=1S/C17H19F3N4O2S/c1-2-8-23-14(25)12-6-3-4-7-13(12)24-15(23)21-22-16(24)27-10-5-9-26-11-17(18,19)20/h3-4,6-7H,2,5,8-11H2,1H3.